The van der Waals surface area contributed by atoms with Crippen LogP contribution in [-0.4, -0.2) is 123 Å². The van der Waals surface area contributed by atoms with Gasteiger partial charge < -0.3 is 66.3 Å². The van der Waals surface area contributed by atoms with Gasteiger partial charge in [0, 0.05) is 24.3 Å². The molecule has 6 heterocycles. The number of fused-ring (bicyclic) bond motifs is 2. The Kier molecular flexibility index (Phi) is 14.9. The topological polar surface area (TPSA) is 146 Å². The molecule has 0 saturated carbocycles. The van der Waals surface area contributed by atoms with Crippen LogP contribution in [0.1, 0.15) is 78.4 Å². The summed E-state index contributed by atoms with van der Waals surface area (Å²) in [4.78, 5) is 12.0. The molecule has 6 aliphatic heterocycles. The number of ether oxygens (including phenoxy) is 14. The first-order valence-electron chi connectivity index (χ1n) is 23.5. The van der Waals surface area contributed by atoms with Gasteiger partial charge in [0.1, 0.15) is 48.8 Å². The molecule has 0 amide bonds. The van der Waals surface area contributed by atoms with Gasteiger partial charge in [-0.1, -0.05) is 105 Å². The third-order valence-electron chi connectivity index (χ3n) is 13.5. The molecule has 66 heavy (non-hydrogen) atoms. The van der Waals surface area contributed by atoms with Crippen LogP contribution in [0.5, 0.6) is 0 Å². The van der Waals surface area contributed by atoms with Crippen molar-refractivity contribution in [3.63, 3.8) is 0 Å². The molecular weight excluding hydrogens is 853 g/mol. The maximum absolute atomic E-state index is 12.0. The normalized spacial score (nSPS) is 40.7. The van der Waals surface area contributed by atoms with Gasteiger partial charge in [0.2, 0.25) is 0 Å². The molecule has 6 saturated heterocycles. The standard InChI is InChI=1S/C51H66O15/c1-28-39(58-33(6)52)30(3)56-31(4)40(28)60-50-46-44(65-51(7,8)66-46)42(32(5)57-50)62-47-29(2)41(37(27-55-47)54-25-35-20-14-10-15-21-35)61-49-45-43(63-48(64-45)36-22-16-11-17-23-36)38(59-49)26-53-24-34-18-12-9-13-19-34/h9-23,28-32,37-50H,24-27H2,1-8H3/t28?,29?,30?,31-,32?,37+,38+,39+,40?,41?,42-,43-,44?,45?,46?,47-,48+,49-,50-/m0/s1. The Morgan fingerprint density at radius 3 is 1.86 bits per heavy atom. The monoisotopic (exact) mass is 918 g/mol. The summed E-state index contributed by atoms with van der Waals surface area (Å²) in [6, 6.07) is 29.9. The van der Waals surface area contributed by atoms with Gasteiger partial charge in [-0.2, -0.15) is 0 Å². The third kappa shape index (κ3) is 10.6. The van der Waals surface area contributed by atoms with Gasteiger partial charge in [-0.05, 0) is 45.7 Å². The lowest BCUT2D eigenvalue weighted by Gasteiger charge is -2.48. The van der Waals surface area contributed by atoms with Crippen LogP contribution in [0.25, 0.3) is 0 Å². The number of rotatable bonds is 15. The number of benzene rings is 3. The van der Waals surface area contributed by atoms with Crippen molar-refractivity contribution < 1.29 is 71.1 Å². The van der Waals surface area contributed by atoms with Gasteiger partial charge in [0.25, 0.3) is 0 Å². The molecule has 0 N–H and O–H groups in total. The maximum Gasteiger partial charge on any atom is 0.303 e. The average molecular weight is 919 g/mol. The van der Waals surface area contributed by atoms with Gasteiger partial charge in [-0.3, -0.25) is 4.79 Å². The summed E-state index contributed by atoms with van der Waals surface area (Å²) in [5.41, 5.74) is 2.98. The highest BCUT2D eigenvalue weighted by molar-refractivity contribution is 5.66. The minimum atomic E-state index is -0.971. The Bertz CT molecular complexity index is 2010. The molecule has 6 fully saturated rings. The van der Waals surface area contributed by atoms with Gasteiger partial charge in [0.05, 0.1) is 56.9 Å². The van der Waals surface area contributed by atoms with E-state index in [2.05, 4.69) is 0 Å². The van der Waals surface area contributed by atoms with E-state index < -0.39 is 104 Å². The van der Waals surface area contributed by atoms with Crippen LogP contribution in [-0.2, 0) is 84.3 Å². The van der Waals surface area contributed by atoms with E-state index in [0.717, 1.165) is 16.7 Å². The fraction of sp³-hybridized carbons (Fsp3) is 0.627. The molecule has 19 atom stereocenters. The Balaban J connectivity index is 0.927. The fourth-order valence-corrected chi connectivity index (χ4v) is 10.3. The molecule has 0 spiro atoms. The van der Waals surface area contributed by atoms with Gasteiger partial charge in [0.15, 0.2) is 30.9 Å². The van der Waals surface area contributed by atoms with Crippen LogP contribution in [0.2, 0.25) is 0 Å². The molecule has 15 nitrogen and oxygen atoms in total. The van der Waals surface area contributed by atoms with Crippen molar-refractivity contribution in [2.75, 3.05) is 13.2 Å². The van der Waals surface area contributed by atoms with Gasteiger partial charge >= 0.3 is 5.97 Å². The minimum absolute atomic E-state index is 0.172. The number of hydrogen-bond donors (Lipinski definition) is 0. The molecule has 360 valence electrons. The lowest BCUT2D eigenvalue weighted by atomic mass is 9.88. The van der Waals surface area contributed by atoms with Crippen LogP contribution < -0.4 is 0 Å². The molecule has 0 aliphatic carbocycles. The zero-order valence-electron chi connectivity index (χ0n) is 39.1. The zero-order chi connectivity index (χ0) is 46.1. The molecule has 15 heteroatoms. The number of hydrogen-bond acceptors (Lipinski definition) is 15. The molecule has 0 bridgehead atoms. The van der Waals surface area contributed by atoms with Crippen LogP contribution in [0, 0.1) is 11.8 Å². The minimum Gasteiger partial charge on any atom is -0.459 e. The summed E-state index contributed by atoms with van der Waals surface area (Å²) in [5, 5.41) is 0. The lowest BCUT2D eigenvalue weighted by molar-refractivity contribution is -0.348. The molecule has 0 radical (unpaired) electrons. The molecule has 3 aromatic rings. The molecule has 0 aromatic heterocycles. The summed E-state index contributed by atoms with van der Waals surface area (Å²) in [6.07, 6.45) is -9.60. The predicted octanol–water partition coefficient (Wildman–Crippen LogP) is 6.78. The highest BCUT2D eigenvalue weighted by Crippen LogP contribution is 2.45. The van der Waals surface area contributed by atoms with Crippen molar-refractivity contribution in [1.29, 1.82) is 0 Å². The van der Waals surface area contributed by atoms with Crippen LogP contribution in [0.3, 0.4) is 0 Å². The van der Waals surface area contributed by atoms with Crippen molar-refractivity contribution in [3.8, 4) is 0 Å². The molecule has 9 unspecified atom stereocenters. The van der Waals surface area contributed by atoms with E-state index in [0.29, 0.717) is 13.2 Å². The van der Waals surface area contributed by atoms with Gasteiger partial charge in [-0.25, -0.2) is 0 Å². The maximum atomic E-state index is 12.0. The van der Waals surface area contributed by atoms with Crippen LogP contribution in [0.15, 0.2) is 91.0 Å². The SMILES string of the molecule is CC(=O)O[C@H]1C(C)O[C@@H](C)C(O[C@@H]2OC(C)[C@H](O[C@@H]3OC[C@@H](OCc4ccccc4)C(O[C@@H]4O[C@H](COCc5ccccc5)[C@@H]5O[C@@H](c6ccccc6)OC45)C3C)C3OC(C)(C)OC32)C1C. The molecule has 9 rings (SSSR count). The highest BCUT2D eigenvalue weighted by Gasteiger charge is 2.59. The first-order valence-corrected chi connectivity index (χ1v) is 23.5. The summed E-state index contributed by atoms with van der Waals surface area (Å²) in [6.45, 7) is 16.2. The first-order chi connectivity index (χ1) is 31.8. The van der Waals surface area contributed by atoms with E-state index in [1.807, 2.05) is 139 Å². The highest BCUT2D eigenvalue weighted by atomic mass is 16.8. The average Bonchev–Trinajstić information content (AvgIpc) is 3.98. The van der Waals surface area contributed by atoms with Crippen molar-refractivity contribution in [2.24, 2.45) is 11.8 Å². The summed E-state index contributed by atoms with van der Waals surface area (Å²) >= 11 is 0. The molecule has 6 aliphatic rings. The largest absolute Gasteiger partial charge is 0.459 e. The van der Waals surface area contributed by atoms with Crippen molar-refractivity contribution in [2.45, 2.75) is 179 Å². The van der Waals surface area contributed by atoms with Crippen molar-refractivity contribution in [3.05, 3.63) is 108 Å². The Labute approximate surface area is 387 Å². The second-order valence-electron chi connectivity index (χ2n) is 18.9. The lowest BCUT2D eigenvalue weighted by Crippen LogP contribution is -2.62. The Morgan fingerprint density at radius 2 is 1.17 bits per heavy atom. The summed E-state index contributed by atoms with van der Waals surface area (Å²) in [7, 11) is 0. The second kappa shape index (κ2) is 20.7. The smallest absolute Gasteiger partial charge is 0.303 e. The molecule has 3 aromatic carbocycles. The van der Waals surface area contributed by atoms with E-state index >= 15 is 0 Å². The Morgan fingerprint density at radius 1 is 0.591 bits per heavy atom. The van der Waals surface area contributed by atoms with Crippen molar-refractivity contribution in [1.82, 2.24) is 0 Å². The van der Waals surface area contributed by atoms with E-state index in [4.69, 9.17) is 66.3 Å². The van der Waals surface area contributed by atoms with E-state index in [1.54, 1.807) is 0 Å². The third-order valence-corrected chi connectivity index (χ3v) is 13.5. The quantitative estimate of drug-likeness (QED) is 0.148. The van der Waals surface area contributed by atoms with E-state index in [1.165, 1.54) is 6.92 Å². The number of carbonyl (C=O) groups excluding carboxylic acids is 1. The van der Waals surface area contributed by atoms with Crippen molar-refractivity contribution >= 4 is 5.97 Å². The van der Waals surface area contributed by atoms with Crippen LogP contribution in [0.4, 0.5) is 0 Å². The first kappa shape index (κ1) is 47.7. The Hall–Kier alpha value is -3.39. The van der Waals surface area contributed by atoms with E-state index in [9.17, 15) is 4.79 Å². The fourth-order valence-electron chi connectivity index (χ4n) is 10.3. The predicted molar refractivity (Wildman–Crippen MR) is 235 cm³/mol. The zero-order valence-corrected chi connectivity index (χ0v) is 39.1. The molecular formula is C51H66O15. The second-order valence-corrected chi connectivity index (χ2v) is 18.9. The summed E-state index contributed by atoms with van der Waals surface area (Å²) < 4.78 is 91.7. The summed E-state index contributed by atoms with van der Waals surface area (Å²) in [5.74, 6) is -1.93. The van der Waals surface area contributed by atoms with Crippen LogP contribution >= 0.6 is 0 Å². The van der Waals surface area contributed by atoms with Gasteiger partial charge in [-0.15, -0.1) is 0 Å². The number of esters is 1. The van der Waals surface area contributed by atoms with E-state index in [-0.39, 0.29) is 37.3 Å². The number of carbonyl (C=O) groups is 1.